The Labute approximate surface area is 196 Å². The van der Waals surface area contributed by atoms with Gasteiger partial charge < -0.3 is 14.6 Å². The number of imidazole rings is 1. The molecule has 0 bridgehead atoms. The molecule has 0 fully saturated rings. The van der Waals surface area contributed by atoms with Gasteiger partial charge in [-0.25, -0.2) is 9.38 Å². The molecule has 5 aromatic rings. The lowest BCUT2D eigenvalue weighted by Gasteiger charge is -2.09. The highest BCUT2D eigenvalue weighted by Crippen LogP contribution is 2.24. The van der Waals surface area contributed by atoms with Gasteiger partial charge in [0.25, 0.3) is 5.56 Å². The van der Waals surface area contributed by atoms with Crippen molar-refractivity contribution in [2.24, 2.45) is 0 Å². The molecule has 2 heterocycles. The van der Waals surface area contributed by atoms with Crippen molar-refractivity contribution >= 4 is 28.4 Å². The summed E-state index contributed by atoms with van der Waals surface area (Å²) in [5, 5.41) is 2.97. The van der Waals surface area contributed by atoms with Crippen molar-refractivity contribution in [2.75, 3.05) is 12.4 Å². The van der Waals surface area contributed by atoms with Crippen LogP contribution in [0.4, 0.5) is 5.69 Å². The normalized spacial score (nSPS) is 11.1. The van der Waals surface area contributed by atoms with Crippen molar-refractivity contribution in [1.29, 1.82) is 0 Å². The lowest BCUT2D eigenvalue weighted by molar-refractivity contribution is -0.116. The Balaban J connectivity index is 1.61. The van der Waals surface area contributed by atoms with Gasteiger partial charge in [0.1, 0.15) is 12.3 Å². The van der Waals surface area contributed by atoms with E-state index in [2.05, 4.69) is 12.2 Å². The van der Waals surface area contributed by atoms with Gasteiger partial charge >= 0.3 is 0 Å². The van der Waals surface area contributed by atoms with Gasteiger partial charge in [-0.15, -0.1) is 0 Å². The number of carbonyl (C=O) groups is 1. The largest absolute Gasteiger partial charge is 0.497 e. The quantitative estimate of drug-likeness (QED) is 0.411. The molecule has 5 rings (SSSR count). The molecule has 0 spiro atoms. The number of anilines is 1. The molecule has 3 aromatic carbocycles. The average Bonchev–Trinajstić information content (AvgIpc) is 3.18. The Bertz CT molecular complexity index is 1580. The van der Waals surface area contributed by atoms with Crippen molar-refractivity contribution in [1.82, 2.24) is 14.0 Å². The van der Waals surface area contributed by atoms with E-state index in [4.69, 9.17) is 9.72 Å². The minimum Gasteiger partial charge on any atom is -0.497 e. The standard InChI is InChI=1S/C27H24N4O3/c1-3-18-8-6-10-20(14-18)28-25(32)17-30-23-12-4-5-13-24(23)31-26(33)16-22(29-27(30)31)19-9-7-11-21(15-19)34-2/h4-16H,3,17H2,1-2H3,(H,28,32). The van der Waals surface area contributed by atoms with Crippen LogP contribution in [0.25, 0.3) is 28.1 Å². The van der Waals surface area contributed by atoms with E-state index in [9.17, 15) is 9.59 Å². The molecule has 0 aliphatic carbocycles. The summed E-state index contributed by atoms with van der Waals surface area (Å²) in [5.41, 5.74) is 4.41. The van der Waals surface area contributed by atoms with Crippen LogP contribution in [0.5, 0.6) is 5.75 Å². The second-order valence-electron chi connectivity index (χ2n) is 8.02. The number of nitrogens with zero attached hydrogens (tertiary/aromatic N) is 3. The maximum atomic E-state index is 13.2. The zero-order valence-corrected chi connectivity index (χ0v) is 19.0. The number of ether oxygens (including phenoxy) is 1. The smallest absolute Gasteiger partial charge is 0.260 e. The molecule has 0 aliphatic heterocycles. The van der Waals surface area contributed by atoms with E-state index in [0.717, 1.165) is 28.8 Å². The van der Waals surface area contributed by atoms with E-state index < -0.39 is 0 Å². The molecule has 1 N–H and O–H groups in total. The molecule has 7 nitrogen and oxygen atoms in total. The third kappa shape index (κ3) is 3.92. The lowest BCUT2D eigenvalue weighted by Crippen LogP contribution is -2.20. The van der Waals surface area contributed by atoms with E-state index in [1.807, 2.05) is 72.8 Å². The Kier molecular flexibility index (Phi) is 5.59. The van der Waals surface area contributed by atoms with Gasteiger partial charge in [0.05, 0.1) is 23.8 Å². The Morgan fingerprint density at radius 3 is 2.56 bits per heavy atom. The topological polar surface area (TPSA) is 77.6 Å². The number of hydrogen-bond donors (Lipinski definition) is 1. The summed E-state index contributed by atoms with van der Waals surface area (Å²) in [6, 6.07) is 24.2. The van der Waals surface area contributed by atoms with Crippen molar-refractivity contribution in [3.8, 4) is 17.0 Å². The molecule has 0 aliphatic rings. The fraction of sp³-hybridized carbons (Fsp3) is 0.148. The summed E-state index contributed by atoms with van der Waals surface area (Å²) in [5.74, 6) is 0.884. The van der Waals surface area contributed by atoms with Crippen LogP contribution < -0.4 is 15.6 Å². The molecule has 0 saturated heterocycles. The van der Waals surface area contributed by atoms with E-state index >= 15 is 0 Å². The summed E-state index contributed by atoms with van der Waals surface area (Å²) in [6.07, 6.45) is 0.885. The fourth-order valence-corrected chi connectivity index (χ4v) is 4.17. The first-order valence-corrected chi connectivity index (χ1v) is 11.1. The minimum absolute atomic E-state index is 0.0152. The Hall–Kier alpha value is -4.39. The lowest BCUT2D eigenvalue weighted by atomic mass is 10.1. The molecule has 170 valence electrons. The number of nitrogens with one attached hydrogen (secondary N) is 1. The molecule has 1 amide bonds. The second-order valence-corrected chi connectivity index (χ2v) is 8.02. The van der Waals surface area contributed by atoms with Crippen LogP contribution in [0, 0.1) is 0 Å². The van der Waals surface area contributed by atoms with Gasteiger partial charge in [0.2, 0.25) is 11.7 Å². The highest BCUT2D eigenvalue weighted by Gasteiger charge is 2.17. The van der Waals surface area contributed by atoms with Crippen LogP contribution in [-0.4, -0.2) is 27.0 Å². The van der Waals surface area contributed by atoms with Crippen LogP contribution in [-0.2, 0) is 17.8 Å². The summed E-state index contributed by atoms with van der Waals surface area (Å²) in [7, 11) is 1.59. The predicted octanol–water partition coefficient (Wildman–Crippen LogP) is 4.53. The number of hydrogen-bond acceptors (Lipinski definition) is 4. The number of amides is 1. The van der Waals surface area contributed by atoms with Crippen LogP contribution in [0.2, 0.25) is 0 Å². The second kappa shape index (κ2) is 8.86. The van der Waals surface area contributed by atoms with Crippen LogP contribution in [0.1, 0.15) is 12.5 Å². The molecule has 0 radical (unpaired) electrons. The van der Waals surface area contributed by atoms with E-state index in [1.165, 1.54) is 6.07 Å². The van der Waals surface area contributed by atoms with Gasteiger partial charge in [0.15, 0.2) is 0 Å². The molecule has 0 unspecified atom stereocenters. The van der Waals surface area contributed by atoms with Crippen molar-refractivity contribution < 1.29 is 9.53 Å². The van der Waals surface area contributed by atoms with Crippen molar-refractivity contribution in [2.45, 2.75) is 19.9 Å². The molecule has 34 heavy (non-hydrogen) atoms. The highest BCUT2D eigenvalue weighted by molar-refractivity contribution is 5.92. The van der Waals surface area contributed by atoms with Crippen LogP contribution in [0.3, 0.4) is 0 Å². The maximum Gasteiger partial charge on any atom is 0.260 e. The van der Waals surface area contributed by atoms with Gasteiger partial charge in [-0.05, 0) is 48.4 Å². The van der Waals surface area contributed by atoms with Crippen molar-refractivity contribution in [3.05, 3.63) is 94.8 Å². The number of aromatic nitrogens is 3. The third-order valence-corrected chi connectivity index (χ3v) is 5.84. The van der Waals surface area contributed by atoms with Gasteiger partial charge in [0, 0.05) is 17.3 Å². The van der Waals surface area contributed by atoms with E-state index in [-0.39, 0.29) is 18.0 Å². The van der Waals surface area contributed by atoms with Gasteiger partial charge in [-0.2, -0.15) is 0 Å². The van der Waals surface area contributed by atoms with Gasteiger partial charge in [-0.3, -0.25) is 9.59 Å². The molecule has 2 aromatic heterocycles. The van der Waals surface area contributed by atoms with Gasteiger partial charge in [-0.1, -0.05) is 43.3 Å². The Morgan fingerprint density at radius 2 is 1.76 bits per heavy atom. The highest BCUT2D eigenvalue weighted by atomic mass is 16.5. The molecule has 0 atom stereocenters. The number of aryl methyl sites for hydroxylation is 1. The number of fused-ring (bicyclic) bond motifs is 3. The zero-order valence-electron chi connectivity index (χ0n) is 19.0. The van der Waals surface area contributed by atoms with Crippen molar-refractivity contribution in [3.63, 3.8) is 0 Å². The number of methoxy groups -OCH3 is 1. The molecule has 0 saturated carbocycles. The monoisotopic (exact) mass is 452 g/mol. The summed E-state index contributed by atoms with van der Waals surface area (Å²) in [6.45, 7) is 2.09. The first-order chi connectivity index (χ1) is 16.6. The summed E-state index contributed by atoms with van der Waals surface area (Å²) in [4.78, 5) is 31.0. The first-order valence-electron chi connectivity index (χ1n) is 11.1. The average molecular weight is 453 g/mol. The minimum atomic E-state index is -0.214. The molecular weight excluding hydrogens is 428 g/mol. The zero-order chi connectivity index (χ0) is 23.7. The summed E-state index contributed by atoms with van der Waals surface area (Å²) >= 11 is 0. The number of rotatable bonds is 6. The number of benzene rings is 3. The SMILES string of the molecule is CCc1cccc(NC(=O)Cn2c3ccccc3n3c(=O)cc(-c4cccc(OC)c4)nc23)c1. The Morgan fingerprint density at radius 1 is 0.971 bits per heavy atom. The van der Waals surface area contributed by atoms with Crippen LogP contribution in [0.15, 0.2) is 83.7 Å². The number of carbonyl (C=O) groups excluding carboxylic acids is 1. The summed E-state index contributed by atoms with van der Waals surface area (Å²) < 4.78 is 8.65. The number of para-hydroxylation sites is 2. The molecule has 7 heteroatoms. The molecular formula is C27H24N4O3. The fourth-order valence-electron chi connectivity index (χ4n) is 4.17. The van der Waals surface area contributed by atoms with Crippen LogP contribution >= 0.6 is 0 Å². The van der Waals surface area contributed by atoms with E-state index in [0.29, 0.717) is 22.7 Å². The maximum absolute atomic E-state index is 13.2. The van der Waals surface area contributed by atoms with E-state index in [1.54, 1.807) is 16.1 Å². The third-order valence-electron chi connectivity index (χ3n) is 5.84. The first kappa shape index (κ1) is 21.5. The predicted molar refractivity (Wildman–Crippen MR) is 133 cm³/mol.